The highest BCUT2D eigenvalue weighted by molar-refractivity contribution is 5.72. The Balaban J connectivity index is 1.72. The lowest BCUT2D eigenvalue weighted by Gasteiger charge is -2.29. The largest absolute Gasteiger partial charge is 0.466 e. The van der Waals surface area contributed by atoms with Crippen molar-refractivity contribution >= 4 is 5.97 Å². The summed E-state index contributed by atoms with van der Waals surface area (Å²) in [5.74, 6) is 0.605. The first-order valence-corrected chi connectivity index (χ1v) is 8.57. The third-order valence-electron chi connectivity index (χ3n) is 4.53. The second-order valence-electron chi connectivity index (χ2n) is 6.17. The van der Waals surface area contributed by atoms with Crippen molar-refractivity contribution in [3.05, 3.63) is 35.9 Å². The minimum atomic E-state index is -0.181. The minimum Gasteiger partial charge on any atom is -0.466 e. The molecule has 1 unspecified atom stereocenters. The lowest BCUT2D eigenvalue weighted by atomic mass is 9.80. The molecule has 128 valence electrons. The highest BCUT2D eigenvalue weighted by Crippen LogP contribution is 2.33. The molecule has 4 heteroatoms. The number of benzene rings is 1. The molecule has 0 amide bonds. The summed E-state index contributed by atoms with van der Waals surface area (Å²) in [7, 11) is 1.69. The van der Waals surface area contributed by atoms with E-state index in [-0.39, 0.29) is 18.2 Å². The zero-order chi connectivity index (χ0) is 16.5. The number of rotatable bonds is 8. The Bertz CT molecular complexity index is 452. The van der Waals surface area contributed by atoms with Crippen LogP contribution in [-0.2, 0) is 25.6 Å². The SMILES string of the molecule is CCOC(=O)C1CCC(CC(OC)OCc2ccccc2)CC1. The summed E-state index contributed by atoms with van der Waals surface area (Å²) in [4.78, 5) is 11.8. The van der Waals surface area contributed by atoms with E-state index in [9.17, 15) is 4.79 Å². The molecule has 2 rings (SSSR count). The average molecular weight is 320 g/mol. The second-order valence-corrected chi connectivity index (χ2v) is 6.17. The highest BCUT2D eigenvalue weighted by atomic mass is 16.7. The van der Waals surface area contributed by atoms with E-state index in [2.05, 4.69) is 12.1 Å². The Labute approximate surface area is 139 Å². The Kier molecular flexibility index (Phi) is 7.56. The van der Waals surface area contributed by atoms with Crippen LogP contribution in [0, 0.1) is 11.8 Å². The number of carbonyl (C=O) groups excluding carboxylic acids is 1. The molecule has 0 aromatic heterocycles. The zero-order valence-electron chi connectivity index (χ0n) is 14.2. The van der Waals surface area contributed by atoms with Crippen LogP contribution in [0.25, 0.3) is 0 Å². The number of esters is 1. The van der Waals surface area contributed by atoms with Gasteiger partial charge in [-0.15, -0.1) is 0 Å². The van der Waals surface area contributed by atoms with Gasteiger partial charge in [-0.05, 0) is 44.1 Å². The molecule has 0 N–H and O–H groups in total. The molecule has 4 nitrogen and oxygen atoms in total. The smallest absolute Gasteiger partial charge is 0.308 e. The van der Waals surface area contributed by atoms with Crippen molar-refractivity contribution in [1.29, 1.82) is 0 Å². The maximum atomic E-state index is 11.8. The van der Waals surface area contributed by atoms with Crippen molar-refractivity contribution in [3.8, 4) is 0 Å². The summed E-state index contributed by atoms with van der Waals surface area (Å²) in [5, 5.41) is 0. The molecule has 1 aromatic carbocycles. The molecule has 1 atom stereocenters. The first-order valence-electron chi connectivity index (χ1n) is 8.57. The second kappa shape index (κ2) is 9.68. The standard InChI is InChI=1S/C19H28O4/c1-3-22-19(20)17-11-9-15(10-12-17)13-18(21-2)23-14-16-7-5-4-6-8-16/h4-8,15,17-18H,3,9-14H2,1-2H3. The predicted octanol–water partition coefficient (Wildman–Crippen LogP) is 3.94. The summed E-state index contributed by atoms with van der Waals surface area (Å²) >= 11 is 0. The monoisotopic (exact) mass is 320 g/mol. The van der Waals surface area contributed by atoms with Gasteiger partial charge in [-0.25, -0.2) is 0 Å². The lowest BCUT2D eigenvalue weighted by molar-refractivity contribution is -0.152. The van der Waals surface area contributed by atoms with Crippen molar-refractivity contribution in [1.82, 2.24) is 0 Å². The normalized spacial score (nSPS) is 22.5. The maximum Gasteiger partial charge on any atom is 0.308 e. The quantitative estimate of drug-likeness (QED) is 0.538. The lowest BCUT2D eigenvalue weighted by Crippen LogP contribution is -2.27. The van der Waals surface area contributed by atoms with Crippen molar-refractivity contribution in [2.75, 3.05) is 13.7 Å². The first kappa shape index (κ1) is 18.0. The van der Waals surface area contributed by atoms with E-state index in [0.717, 1.165) is 37.7 Å². The van der Waals surface area contributed by atoms with E-state index >= 15 is 0 Å². The predicted molar refractivity (Wildman–Crippen MR) is 88.7 cm³/mol. The van der Waals surface area contributed by atoms with Crippen LogP contribution >= 0.6 is 0 Å². The molecule has 1 aromatic rings. The summed E-state index contributed by atoms with van der Waals surface area (Å²) in [6.07, 6.45) is 4.62. The van der Waals surface area contributed by atoms with Gasteiger partial charge >= 0.3 is 5.97 Å². The fourth-order valence-corrected chi connectivity index (χ4v) is 3.16. The first-order chi connectivity index (χ1) is 11.2. The Morgan fingerprint density at radius 1 is 1.17 bits per heavy atom. The van der Waals surface area contributed by atoms with E-state index in [4.69, 9.17) is 14.2 Å². The van der Waals surface area contributed by atoms with Crippen LogP contribution < -0.4 is 0 Å². The molecular weight excluding hydrogens is 292 g/mol. The van der Waals surface area contributed by atoms with Crippen LogP contribution in [0.4, 0.5) is 0 Å². The van der Waals surface area contributed by atoms with Crippen molar-refractivity contribution < 1.29 is 19.0 Å². The number of methoxy groups -OCH3 is 1. The molecule has 0 spiro atoms. The molecule has 23 heavy (non-hydrogen) atoms. The van der Waals surface area contributed by atoms with Crippen molar-refractivity contribution in [3.63, 3.8) is 0 Å². The minimum absolute atomic E-state index is 0.0328. The average Bonchev–Trinajstić information content (AvgIpc) is 2.60. The molecule has 1 aliphatic rings. The van der Waals surface area contributed by atoms with Gasteiger partial charge in [0.15, 0.2) is 6.29 Å². The van der Waals surface area contributed by atoms with E-state index in [1.807, 2.05) is 25.1 Å². The molecule has 0 heterocycles. The van der Waals surface area contributed by atoms with Gasteiger partial charge in [0, 0.05) is 13.5 Å². The summed E-state index contributed by atoms with van der Waals surface area (Å²) in [6.45, 7) is 2.89. The van der Waals surface area contributed by atoms with Gasteiger partial charge in [0.2, 0.25) is 0 Å². The molecule has 1 aliphatic carbocycles. The van der Waals surface area contributed by atoms with Crippen LogP contribution in [0.1, 0.15) is 44.6 Å². The molecular formula is C19H28O4. The fourth-order valence-electron chi connectivity index (χ4n) is 3.16. The number of hydrogen-bond donors (Lipinski definition) is 0. The van der Waals surface area contributed by atoms with E-state index in [0.29, 0.717) is 19.1 Å². The van der Waals surface area contributed by atoms with E-state index in [1.165, 1.54) is 0 Å². The topological polar surface area (TPSA) is 44.8 Å². The Morgan fingerprint density at radius 3 is 2.48 bits per heavy atom. The van der Waals surface area contributed by atoms with Crippen LogP contribution in [0.5, 0.6) is 0 Å². The third kappa shape index (κ3) is 5.96. The molecule has 0 aliphatic heterocycles. The van der Waals surface area contributed by atoms with Gasteiger partial charge in [-0.3, -0.25) is 4.79 Å². The van der Waals surface area contributed by atoms with Gasteiger partial charge in [0.1, 0.15) is 0 Å². The number of ether oxygens (including phenoxy) is 3. The maximum absolute atomic E-state index is 11.8. The van der Waals surface area contributed by atoms with E-state index < -0.39 is 0 Å². The van der Waals surface area contributed by atoms with Crippen LogP contribution in [0.15, 0.2) is 30.3 Å². The zero-order valence-corrected chi connectivity index (χ0v) is 14.2. The highest BCUT2D eigenvalue weighted by Gasteiger charge is 2.28. The van der Waals surface area contributed by atoms with Gasteiger partial charge in [0.05, 0.1) is 19.1 Å². The molecule has 1 fully saturated rings. The van der Waals surface area contributed by atoms with Crippen LogP contribution in [-0.4, -0.2) is 26.0 Å². The number of hydrogen-bond acceptors (Lipinski definition) is 4. The van der Waals surface area contributed by atoms with E-state index in [1.54, 1.807) is 7.11 Å². The summed E-state index contributed by atoms with van der Waals surface area (Å²) < 4.78 is 16.5. The van der Waals surface area contributed by atoms with Gasteiger partial charge in [0.25, 0.3) is 0 Å². The van der Waals surface area contributed by atoms with Crippen LogP contribution in [0.2, 0.25) is 0 Å². The van der Waals surface area contributed by atoms with Crippen LogP contribution in [0.3, 0.4) is 0 Å². The summed E-state index contributed by atoms with van der Waals surface area (Å²) in [5.41, 5.74) is 1.15. The molecule has 0 radical (unpaired) electrons. The Morgan fingerprint density at radius 2 is 1.87 bits per heavy atom. The Hall–Kier alpha value is -1.39. The molecule has 0 bridgehead atoms. The van der Waals surface area contributed by atoms with Gasteiger partial charge < -0.3 is 14.2 Å². The molecule has 0 saturated heterocycles. The van der Waals surface area contributed by atoms with Crippen molar-refractivity contribution in [2.24, 2.45) is 11.8 Å². The third-order valence-corrected chi connectivity index (χ3v) is 4.53. The van der Waals surface area contributed by atoms with Gasteiger partial charge in [-0.1, -0.05) is 30.3 Å². The van der Waals surface area contributed by atoms with Gasteiger partial charge in [-0.2, -0.15) is 0 Å². The molecule has 1 saturated carbocycles. The van der Waals surface area contributed by atoms with Crippen molar-refractivity contribution in [2.45, 2.75) is 51.9 Å². The number of carbonyl (C=O) groups is 1. The summed E-state index contributed by atoms with van der Waals surface area (Å²) in [6, 6.07) is 10.1. The fraction of sp³-hybridized carbons (Fsp3) is 0.632.